The molecule has 1 heterocycles. The van der Waals surface area contributed by atoms with E-state index >= 15 is 0 Å². The molecule has 3 rings (SSSR count). The number of piperidine rings is 1. The SMILES string of the molecule is COC(=O)c1ccc(C2CCN(C(=O)c3cc(N)ccc3F)CC2)cc1. The topological polar surface area (TPSA) is 72.6 Å². The molecular weight excluding hydrogens is 335 g/mol. The minimum Gasteiger partial charge on any atom is -0.465 e. The average Bonchev–Trinajstić information content (AvgIpc) is 2.69. The first-order chi connectivity index (χ1) is 12.5. The number of esters is 1. The Balaban J connectivity index is 1.64. The maximum Gasteiger partial charge on any atom is 0.337 e. The molecule has 2 aromatic carbocycles. The van der Waals surface area contributed by atoms with Crippen LogP contribution in [0.2, 0.25) is 0 Å². The molecule has 6 heteroatoms. The van der Waals surface area contributed by atoms with Gasteiger partial charge < -0.3 is 15.4 Å². The molecule has 0 aliphatic carbocycles. The number of hydrogen-bond donors (Lipinski definition) is 1. The Labute approximate surface area is 151 Å². The van der Waals surface area contributed by atoms with E-state index in [0.717, 1.165) is 18.4 Å². The predicted octanol–water partition coefficient (Wildman–Crippen LogP) is 3.21. The van der Waals surface area contributed by atoms with E-state index in [1.807, 2.05) is 12.1 Å². The largest absolute Gasteiger partial charge is 0.465 e. The highest BCUT2D eigenvalue weighted by molar-refractivity contribution is 5.95. The normalized spacial score (nSPS) is 14.9. The number of nitrogen functional groups attached to an aromatic ring is 1. The molecule has 136 valence electrons. The molecule has 2 N–H and O–H groups in total. The number of benzene rings is 2. The van der Waals surface area contributed by atoms with Crippen molar-refractivity contribution in [2.45, 2.75) is 18.8 Å². The number of nitrogens with two attached hydrogens (primary N) is 1. The highest BCUT2D eigenvalue weighted by Gasteiger charge is 2.26. The van der Waals surface area contributed by atoms with E-state index in [-0.39, 0.29) is 17.4 Å². The van der Waals surface area contributed by atoms with Crippen molar-refractivity contribution in [3.63, 3.8) is 0 Å². The van der Waals surface area contributed by atoms with Crippen molar-refractivity contribution >= 4 is 17.6 Å². The number of methoxy groups -OCH3 is 1. The molecule has 1 amide bonds. The van der Waals surface area contributed by atoms with Crippen LogP contribution in [0.15, 0.2) is 42.5 Å². The minimum absolute atomic E-state index is 0.0193. The Morgan fingerprint density at radius 3 is 2.38 bits per heavy atom. The van der Waals surface area contributed by atoms with Gasteiger partial charge in [-0.25, -0.2) is 9.18 Å². The summed E-state index contributed by atoms with van der Waals surface area (Å²) in [5.41, 5.74) is 7.70. The molecule has 0 unspecified atom stereocenters. The molecule has 0 spiro atoms. The Bertz CT molecular complexity index is 812. The predicted molar refractivity (Wildman–Crippen MR) is 96.5 cm³/mol. The van der Waals surface area contributed by atoms with E-state index in [1.54, 1.807) is 17.0 Å². The summed E-state index contributed by atoms with van der Waals surface area (Å²) in [5, 5.41) is 0. The lowest BCUT2D eigenvalue weighted by Crippen LogP contribution is -2.38. The van der Waals surface area contributed by atoms with E-state index in [0.29, 0.717) is 30.3 Å². The van der Waals surface area contributed by atoms with Crippen molar-refractivity contribution < 1.29 is 18.7 Å². The molecule has 26 heavy (non-hydrogen) atoms. The van der Waals surface area contributed by atoms with Gasteiger partial charge in [0.05, 0.1) is 18.2 Å². The number of amides is 1. The third-order valence-electron chi connectivity index (χ3n) is 4.81. The van der Waals surface area contributed by atoms with Crippen LogP contribution in [0.4, 0.5) is 10.1 Å². The van der Waals surface area contributed by atoms with E-state index in [4.69, 9.17) is 10.5 Å². The van der Waals surface area contributed by atoms with E-state index in [9.17, 15) is 14.0 Å². The molecule has 0 radical (unpaired) electrons. The number of halogens is 1. The summed E-state index contributed by atoms with van der Waals surface area (Å²) >= 11 is 0. The van der Waals surface area contributed by atoms with Gasteiger partial charge in [-0.05, 0) is 54.7 Å². The van der Waals surface area contributed by atoms with Crippen LogP contribution in [0.3, 0.4) is 0 Å². The number of carbonyl (C=O) groups is 2. The average molecular weight is 356 g/mol. The van der Waals surface area contributed by atoms with Gasteiger partial charge in [-0.2, -0.15) is 0 Å². The Morgan fingerprint density at radius 1 is 1.12 bits per heavy atom. The second-order valence-electron chi connectivity index (χ2n) is 6.42. The van der Waals surface area contributed by atoms with Crippen LogP contribution in [0.5, 0.6) is 0 Å². The number of rotatable bonds is 3. The number of hydrogen-bond acceptors (Lipinski definition) is 4. The van der Waals surface area contributed by atoms with Crippen LogP contribution < -0.4 is 5.73 Å². The summed E-state index contributed by atoms with van der Waals surface area (Å²) in [5.74, 6) is -0.934. The maximum atomic E-state index is 13.9. The van der Waals surface area contributed by atoms with Crippen molar-refractivity contribution in [3.05, 3.63) is 65.0 Å². The molecule has 0 saturated carbocycles. The summed E-state index contributed by atoms with van der Waals surface area (Å²) in [6.07, 6.45) is 1.57. The molecule has 1 fully saturated rings. The number of carbonyl (C=O) groups excluding carboxylic acids is 2. The molecular formula is C20H21FN2O3. The van der Waals surface area contributed by atoms with Gasteiger partial charge in [-0.1, -0.05) is 12.1 Å². The molecule has 5 nitrogen and oxygen atoms in total. The van der Waals surface area contributed by atoms with Crippen molar-refractivity contribution in [1.82, 2.24) is 4.90 Å². The first-order valence-electron chi connectivity index (χ1n) is 8.52. The Kier molecular flexibility index (Phi) is 5.21. The summed E-state index contributed by atoms with van der Waals surface area (Å²) in [6, 6.07) is 11.4. The molecule has 2 aromatic rings. The molecule has 0 aromatic heterocycles. The Hall–Kier alpha value is -2.89. The highest BCUT2D eigenvalue weighted by atomic mass is 19.1. The molecule has 1 aliphatic rings. The van der Waals surface area contributed by atoms with Gasteiger partial charge >= 0.3 is 5.97 Å². The third kappa shape index (κ3) is 3.69. The molecule has 1 aliphatic heterocycles. The smallest absolute Gasteiger partial charge is 0.337 e. The fraction of sp³-hybridized carbons (Fsp3) is 0.300. The summed E-state index contributed by atoms with van der Waals surface area (Å²) in [6.45, 7) is 1.10. The number of nitrogens with zero attached hydrogens (tertiary/aromatic N) is 1. The highest BCUT2D eigenvalue weighted by Crippen LogP contribution is 2.29. The van der Waals surface area contributed by atoms with Gasteiger partial charge in [-0.3, -0.25) is 4.79 Å². The summed E-state index contributed by atoms with van der Waals surface area (Å²) in [7, 11) is 1.35. The molecule has 1 saturated heterocycles. The van der Waals surface area contributed by atoms with Crippen molar-refractivity contribution in [2.24, 2.45) is 0 Å². The zero-order chi connectivity index (χ0) is 18.7. The first kappa shape index (κ1) is 17.9. The van der Waals surface area contributed by atoms with Crippen LogP contribution in [0.25, 0.3) is 0 Å². The van der Waals surface area contributed by atoms with Crippen LogP contribution in [-0.4, -0.2) is 37.0 Å². The molecule has 0 bridgehead atoms. The first-order valence-corrected chi connectivity index (χ1v) is 8.52. The monoisotopic (exact) mass is 356 g/mol. The second-order valence-corrected chi connectivity index (χ2v) is 6.42. The van der Waals surface area contributed by atoms with Crippen LogP contribution in [-0.2, 0) is 4.74 Å². The van der Waals surface area contributed by atoms with Crippen molar-refractivity contribution in [1.29, 1.82) is 0 Å². The van der Waals surface area contributed by atoms with Crippen molar-refractivity contribution in [2.75, 3.05) is 25.9 Å². The van der Waals surface area contributed by atoms with E-state index < -0.39 is 5.82 Å². The lowest BCUT2D eigenvalue weighted by Gasteiger charge is -2.32. The van der Waals surface area contributed by atoms with Gasteiger partial charge in [0.2, 0.25) is 0 Å². The summed E-state index contributed by atoms with van der Waals surface area (Å²) in [4.78, 5) is 25.7. The fourth-order valence-corrected chi connectivity index (χ4v) is 3.30. The zero-order valence-corrected chi connectivity index (χ0v) is 14.6. The lowest BCUT2D eigenvalue weighted by atomic mass is 9.88. The number of anilines is 1. The Morgan fingerprint density at radius 2 is 1.77 bits per heavy atom. The van der Waals surface area contributed by atoms with Gasteiger partial charge in [-0.15, -0.1) is 0 Å². The zero-order valence-electron chi connectivity index (χ0n) is 14.6. The molecule has 0 atom stereocenters. The van der Waals surface area contributed by atoms with Gasteiger partial charge in [0.25, 0.3) is 5.91 Å². The van der Waals surface area contributed by atoms with Crippen molar-refractivity contribution in [3.8, 4) is 0 Å². The fourth-order valence-electron chi connectivity index (χ4n) is 3.30. The second kappa shape index (κ2) is 7.56. The van der Waals surface area contributed by atoms with E-state index in [2.05, 4.69) is 0 Å². The minimum atomic E-state index is -0.551. The number of ether oxygens (including phenoxy) is 1. The van der Waals surface area contributed by atoms with Crippen LogP contribution in [0, 0.1) is 5.82 Å². The van der Waals surface area contributed by atoms with Crippen LogP contribution >= 0.6 is 0 Å². The van der Waals surface area contributed by atoms with Crippen LogP contribution in [0.1, 0.15) is 45.0 Å². The van der Waals surface area contributed by atoms with Gasteiger partial charge in [0.1, 0.15) is 5.82 Å². The third-order valence-corrected chi connectivity index (χ3v) is 4.81. The maximum absolute atomic E-state index is 13.9. The quantitative estimate of drug-likeness (QED) is 0.677. The lowest BCUT2D eigenvalue weighted by molar-refractivity contribution is 0.0600. The number of likely N-dealkylation sites (tertiary alicyclic amines) is 1. The van der Waals surface area contributed by atoms with Gasteiger partial charge in [0, 0.05) is 18.8 Å². The standard InChI is InChI=1S/C20H21FN2O3/c1-26-20(25)15-4-2-13(3-5-15)14-8-10-23(11-9-14)19(24)17-12-16(22)6-7-18(17)21/h2-7,12,14H,8-11,22H2,1H3. The summed E-state index contributed by atoms with van der Waals surface area (Å²) < 4.78 is 18.6. The van der Waals surface area contributed by atoms with E-state index in [1.165, 1.54) is 25.3 Å². The van der Waals surface area contributed by atoms with Gasteiger partial charge in [0.15, 0.2) is 0 Å².